The van der Waals surface area contributed by atoms with Gasteiger partial charge in [0.25, 0.3) is 5.91 Å². The van der Waals surface area contributed by atoms with Crippen molar-refractivity contribution in [3.63, 3.8) is 0 Å². The Hall–Kier alpha value is -1.78. The van der Waals surface area contributed by atoms with Crippen molar-refractivity contribution in [1.82, 2.24) is 14.5 Å². The summed E-state index contributed by atoms with van der Waals surface area (Å²) in [6, 6.07) is 9.04. The number of thiophene rings is 1. The molecule has 3 heterocycles. The number of piperidine rings is 1. The standard InChI is InChI=1S/C24H33N3O4S2/c1-18-8-9-20(33(29,30)27-10-4-3-6-19(27)2)16-21(18)24(28)25-17-22(23-7-5-15-32-23)26-11-13-31-14-12-26/h5,7-9,15-16,19,22H,3-4,6,10-14,17H2,1-2H3,(H,25,28)/t19-,22+/m1/s1. The zero-order chi connectivity index (χ0) is 23.4. The predicted molar refractivity (Wildman–Crippen MR) is 130 cm³/mol. The summed E-state index contributed by atoms with van der Waals surface area (Å²) in [6.45, 7) is 7.79. The maximum absolute atomic E-state index is 13.3. The lowest BCUT2D eigenvalue weighted by Gasteiger charge is -2.34. The quantitative estimate of drug-likeness (QED) is 0.642. The number of nitrogens with one attached hydrogen (secondary N) is 1. The molecule has 7 nitrogen and oxygen atoms in total. The van der Waals surface area contributed by atoms with Crippen LogP contribution in [0.1, 0.15) is 53.0 Å². The van der Waals surface area contributed by atoms with Crippen LogP contribution in [-0.4, -0.2) is 69.0 Å². The van der Waals surface area contributed by atoms with Crippen molar-refractivity contribution in [1.29, 1.82) is 0 Å². The lowest BCUT2D eigenvalue weighted by molar-refractivity contribution is 0.0169. The number of aryl methyl sites for hydroxylation is 1. The van der Waals surface area contributed by atoms with Crippen molar-refractivity contribution in [2.45, 2.75) is 50.1 Å². The molecule has 2 aliphatic rings. The molecule has 0 unspecified atom stereocenters. The molecule has 2 saturated heterocycles. The zero-order valence-corrected chi connectivity index (χ0v) is 21.0. The molecular formula is C24H33N3O4S2. The number of benzene rings is 1. The fourth-order valence-electron chi connectivity index (χ4n) is 4.63. The number of nitrogens with zero attached hydrogens (tertiary/aromatic N) is 2. The van der Waals surface area contributed by atoms with E-state index in [9.17, 15) is 13.2 Å². The second-order valence-corrected chi connectivity index (χ2v) is 11.7. The van der Waals surface area contributed by atoms with Gasteiger partial charge in [-0.15, -0.1) is 11.3 Å². The van der Waals surface area contributed by atoms with Gasteiger partial charge in [0.15, 0.2) is 0 Å². The monoisotopic (exact) mass is 491 g/mol. The summed E-state index contributed by atoms with van der Waals surface area (Å²) in [7, 11) is -3.63. The third-order valence-electron chi connectivity index (χ3n) is 6.62. The number of amides is 1. The zero-order valence-electron chi connectivity index (χ0n) is 19.3. The second kappa shape index (κ2) is 10.7. The lowest BCUT2D eigenvalue weighted by Crippen LogP contribution is -2.43. The van der Waals surface area contributed by atoms with E-state index in [2.05, 4.69) is 16.3 Å². The van der Waals surface area contributed by atoms with Crippen LogP contribution in [0.4, 0.5) is 0 Å². The highest BCUT2D eigenvalue weighted by Crippen LogP contribution is 2.28. The number of carbonyl (C=O) groups excluding carboxylic acids is 1. The fourth-order valence-corrected chi connectivity index (χ4v) is 7.22. The van der Waals surface area contributed by atoms with Crippen LogP contribution in [0, 0.1) is 6.92 Å². The van der Waals surface area contributed by atoms with Gasteiger partial charge >= 0.3 is 0 Å². The van der Waals surface area contributed by atoms with Gasteiger partial charge in [0.05, 0.1) is 24.2 Å². The molecule has 2 fully saturated rings. The molecule has 1 amide bonds. The van der Waals surface area contributed by atoms with E-state index < -0.39 is 10.0 Å². The minimum absolute atomic E-state index is 0.0255. The first-order chi connectivity index (χ1) is 15.9. The van der Waals surface area contributed by atoms with Crippen LogP contribution >= 0.6 is 11.3 Å². The molecule has 180 valence electrons. The van der Waals surface area contributed by atoms with Crippen LogP contribution in [0.15, 0.2) is 40.6 Å². The Labute approximate surface area is 200 Å². The molecule has 1 aromatic heterocycles. The molecule has 2 aliphatic heterocycles. The molecule has 0 radical (unpaired) electrons. The maximum atomic E-state index is 13.3. The number of sulfonamides is 1. The highest BCUT2D eigenvalue weighted by molar-refractivity contribution is 7.89. The molecule has 0 saturated carbocycles. The van der Waals surface area contributed by atoms with Gasteiger partial charge in [-0.1, -0.05) is 18.6 Å². The van der Waals surface area contributed by atoms with Crippen molar-refractivity contribution in [3.05, 3.63) is 51.7 Å². The molecule has 0 bridgehead atoms. The molecule has 0 aliphatic carbocycles. The summed E-state index contributed by atoms with van der Waals surface area (Å²) in [5.41, 5.74) is 1.17. The average molecular weight is 492 g/mol. The maximum Gasteiger partial charge on any atom is 0.251 e. The lowest BCUT2D eigenvalue weighted by atomic mass is 10.1. The Kier molecular flexibility index (Phi) is 7.86. The van der Waals surface area contributed by atoms with Gasteiger partial charge in [0.2, 0.25) is 10.0 Å². The van der Waals surface area contributed by atoms with Crippen molar-refractivity contribution in [3.8, 4) is 0 Å². The summed E-state index contributed by atoms with van der Waals surface area (Å²) in [5, 5.41) is 5.12. The fraction of sp³-hybridized carbons (Fsp3) is 0.542. The van der Waals surface area contributed by atoms with Crippen LogP contribution < -0.4 is 5.32 Å². The molecule has 2 aromatic rings. The second-order valence-electron chi connectivity index (χ2n) is 8.83. The van der Waals surface area contributed by atoms with Gasteiger partial charge in [-0.3, -0.25) is 9.69 Å². The molecule has 0 spiro atoms. The molecule has 2 atom stereocenters. The molecule has 33 heavy (non-hydrogen) atoms. The number of carbonyl (C=O) groups is 1. The van der Waals surface area contributed by atoms with Gasteiger partial charge in [-0.2, -0.15) is 4.31 Å². The van der Waals surface area contributed by atoms with E-state index >= 15 is 0 Å². The van der Waals surface area contributed by atoms with E-state index in [0.717, 1.165) is 37.9 Å². The summed E-state index contributed by atoms with van der Waals surface area (Å²) < 4.78 is 33.6. The van der Waals surface area contributed by atoms with Crippen molar-refractivity contribution in [2.75, 3.05) is 39.4 Å². The number of rotatable bonds is 7. The first kappa shape index (κ1) is 24.3. The van der Waals surface area contributed by atoms with Gasteiger partial charge in [0.1, 0.15) is 0 Å². The van der Waals surface area contributed by atoms with E-state index in [-0.39, 0.29) is 22.9 Å². The molecule has 1 aromatic carbocycles. The summed E-state index contributed by atoms with van der Waals surface area (Å²) in [5.74, 6) is -0.244. The first-order valence-corrected chi connectivity index (χ1v) is 14.0. The highest BCUT2D eigenvalue weighted by atomic mass is 32.2. The Bertz CT molecular complexity index is 1050. The third kappa shape index (κ3) is 5.49. The van der Waals surface area contributed by atoms with Crippen LogP contribution in [0.3, 0.4) is 0 Å². The van der Waals surface area contributed by atoms with Crippen molar-refractivity contribution < 1.29 is 17.9 Å². The smallest absolute Gasteiger partial charge is 0.251 e. The van der Waals surface area contributed by atoms with Crippen LogP contribution in [0.5, 0.6) is 0 Å². The Balaban J connectivity index is 1.52. The summed E-state index contributed by atoms with van der Waals surface area (Å²) in [6.07, 6.45) is 2.78. The molecular weight excluding hydrogens is 458 g/mol. The van der Waals surface area contributed by atoms with E-state index in [1.54, 1.807) is 27.8 Å². The third-order valence-corrected chi connectivity index (χ3v) is 9.60. The van der Waals surface area contributed by atoms with Gasteiger partial charge < -0.3 is 10.1 Å². The van der Waals surface area contributed by atoms with E-state index in [4.69, 9.17) is 4.74 Å². The molecule has 1 N–H and O–H groups in total. The molecule has 9 heteroatoms. The van der Waals surface area contributed by atoms with E-state index in [1.165, 1.54) is 10.9 Å². The van der Waals surface area contributed by atoms with Crippen LogP contribution in [-0.2, 0) is 14.8 Å². The summed E-state index contributed by atoms with van der Waals surface area (Å²) in [4.78, 5) is 16.9. The van der Waals surface area contributed by atoms with Gasteiger partial charge in [-0.25, -0.2) is 8.42 Å². The topological polar surface area (TPSA) is 79.0 Å². The molecule has 4 rings (SSSR count). The minimum Gasteiger partial charge on any atom is -0.379 e. The Morgan fingerprint density at radius 3 is 2.70 bits per heavy atom. The van der Waals surface area contributed by atoms with Gasteiger partial charge in [0, 0.05) is 42.7 Å². The number of hydrogen-bond donors (Lipinski definition) is 1. The Morgan fingerprint density at radius 2 is 2.00 bits per heavy atom. The first-order valence-electron chi connectivity index (χ1n) is 11.6. The van der Waals surface area contributed by atoms with Crippen molar-refractivity contribution >= 4 is 27.3 Å². The number of ether oxygens (including phenoxy) is 1. The Morgan fingerprint density at radius 1 is 1.21 bits per heavy atom. The highest BCUT2D eigenvalue weighted by Gasteiger charge is 2.32. The predicted octanol–water partition coefficient (Wildman–Crippen LogP) is 3.42. The van der Waals surface area contributed by atoms with Crippen LogP contribution in [0.25, 0.3) is 0 Å². The minimum atomic E-state index is -3.63. The summed E-state index contributed by atoms with van der Waals surface area (Å²) >= 11 is 1.68. The van der Waals surface area contributed by atoms with Crippen molar-refractivity contribution in [2.24, 2.45) is 0 Å². The van der Waals surface area contributed by atoms with E-state index in [0.29, 0.717) is 31.9 Å². The SMILES string of the molecule is Cc1ccc(S(=O)(=O)N2CCCC[C@H]2C)cc1C(=O)NC[C@@H](c1cccs1)N1CCOCC1. The van der Waals surface area contributed by atoms with E-state index in [1.807, 2.05) is 25.3 Å². The average Bonchev–Trinajstić information content (AvgIpc) is 3.35. The van der Waals surface area contributed by atoms with Gasteiger partial charge in [-0.05, 0) is 55.8 Å². The normalized spacial score (nSPS) is 21.6. The number of hydrogen-bond acceptors (Lipinski definition) is 6. The van der Waals surface area contributed by atoms with Crippen LogP contribution in [0.2, 0.25) is 0 Å². The number of morpholine rings is 1. The largest absolute Gasteiger partial charge is 0.379 e.